The van der Waals surface area contributed by atoms with E-state index in [-0.39, 0.29) is 5.69 Å². The number of pyridine rings is 1. The summed E-state index contributed by atoms with van der Waals surface area (Å²) in [4.78, 5) is 39.3. The van der Waals surface area contributed by atoms with Gasteiger partial charge in [-0.15, -0.1) is 0 Å². The highest BCUT2D eigenvalue weighted by molar-refractivity contribution is 7.45. The molecule has 212 valence electrons. The van der Waals surface area contributed by atoms with Crippen LogP contribution in [0.4, 0.5) is 11.4 Å². The van der Waals surface area contributed by atoms with E-state index in [0.29, 0.717) is 6.04 Å². The number of fused-ring (bicyclic) bond motifs is 1. The van der Waals surface area contributed by atoms with Gasteiger partial charge in [-0.2, -0.15) is 0 Å². The first-order valence-corrected chi connectivity index (χ1v) is 14.2. The maximum atomic E-state index is 10.9. The zero-order chi connectivity index (χ0) is 29.0. The molecular formula is C27H37N4O7P. The van der Waals surface area contributed by atoms with Gasteiger partial charge in [-0.05, 0) is 81.4 Å². The minimum atomic E-state index is -4.64. The topological polar surface area (TPSA) is 158 Å². The highest BCUT2D eigenvalue weighted by Gasteiger charge is 2.10. The van der Waals surface area contributed by atoms with Crippen molar-refractivity contribution < 1.29 is 28.9 Å². The molecule has 0 amide bonds. The van der Waals surface area contributed by atoms with Crippen LogP contribution in [-0.4, -0.2) is 62.3 Å². The molecule has 0 aliphatic rings. The highest BCUT2D eigenvalue weighted by atomic mass is 31.2. The van der Waals surface area contributed by atoms with E-state index < -0.39 is 12.7 Å². The highest BCUT2D eigenvalue weighted by Crippen LogP contribution is 2.29. The molecule has 4 N–H and O–H groups in total. The molecule has 0 radical (unpaired) electrons. The van der Waals surface area contributed by atoms with Crippen molar-refractivity contribution in [1.29, 1.82) is 0 Å². The second-order valence-electron chi connectivity index (χ2n) is 8.89. The molecule has 11 nitrogen and oxygen atoms in total. The summed E-state index contributed by atoms with van der Waals surface area (Å²) in [7, 11) is -2.99. The van der Waals surface area contributed by atoms with E-state index in [9.17, 15) is 10.1 Å². The smallest absolute Gasteiger partial charge is 0.466 e. The van der Waals surface area contributed by atoms with E-state index >= 15 is 0 Å². The summed E-state index contributed by atoms with van der Waals surface area (Å²) in [5.74, 6) is 0.759. The van der Waals surface area contributed by atoms with Crippen LogP contribution >= 0.6 is 7.82 Å². The van der Waals surface area contributed by atoms with Gasteiger partial charge in [0.2, 0.25) is 0 Å². The number of rotatable bonds is 12. The Balaban J connectivity index is 0.000000976. The quantitative estimate of drug-likeness (QED) is 0.130. The van der Waals surface area contributed by atoms with E-state index in [0.717, 1.165) is 66.1 Å². The van der Waals surface area contributed by atoms with E-state index in [1.54, 1.807) is 19.2 Å². The predicted molar refractivity (Wildman–Crippen MR) is 155 cm³/mol. The summed E-state index contributed by atoms with van der Waals surface area (Å²) >= 11 is 0. The van der Waals surface area contributed by atoms with Gasteiger partial charge in [0.25, 0.3) is 5.69 Å². The molecule has 2 aromatic carbocycles. The van der Waals surface area contributed by atoms with Crippen molar-refractivity contribution in [2.45, 2.75) is 39.7 Å². The second kappa shape index (κ2) is 15.3. The molecule has 1 aromatic heterocycles. The molecule has 0 saturated heterocycles. The summed E-state index contributed by atoms with van der Waals surface area (Å²) in [6, 6.07) is 14.8. The van der Waals surface area contributed by atoms with Gasteiger partial charge in [-0.1, -0.05) is 19.9 Å². The average molecular weight is 561 g/mol. The fourth-order valence-corrected chi connectivity index (χ4v) is 3.95. The van der Waals surface area contributed by atoms with Gasteiger partial charge < -0.3 is 29.6 Å². The Morgan fingerprint density at radius 1 is 1.10 bits per heavy atom. The van der Waals surface area contributed by atoms with Gasteiger partial charge in [-0.25, -0.2) is 9.55 Å². The number of methoxy groups -OCH3 is 1. The SMILES string of the molecule is CCN(CC)CCCC(C)Nc1cc(/C=C/c2ccc([N+](=O)[O-])cc2)nc2cc(OC)ccc12.O=P(O)(O)O. The molecule has 1 atom stereocenters. The summed E-state index contributed by atoms with van der Waals surface area (Å²) in [5.41, 5.74) is 3.64. The number of benzene rings is 2. The average Bonchev–Trinajstić information content (AvgIpc) is 2.88. The van der Waals surface area contributed by atoms with Crippen LogP contribution < -0.4 is 10.1 Å². The van der Waals surface area contributed by atoms with Crippen molar-refractivity contribution in [3.8, 4) is 5.75 Å². The van der Waals surface area contributed by atoms with E-state index in [1.165, 1.54) is 12.1 Å². The Morgan fingerprint density at radius 2 is 1.74 bits per heavy atom. The predicted octanol–water partition coefficient (Wildman–Crippen LogP) is 5.32. The molecule has 12 heteroatoms. The number of hydrogen-bond acceptors (Lipinski definition) is 7. The van der Waals surface area contributed by atoms with Gasteiger partial charge in [0.15, 0.2) is 0 Å². The molecule has 3 aromatic rings. The van der Waals surface area contributed by atoms with Crippen molar-refractivity contribution >= 4 is 42.3 Å². The fraction of sp³-hybridized carbons (Fsp3) is 0.370. The van der Waals surface area contributed by atoms with Crippen molar-refractivity contribution in [3.05, 3.63) is 69.9 Å². The molecule has 3 rings (SSSR count). The van der Waals surface area contributed by atoms with Gasteiger partial charge in [0, 0.05) is 35.3 Å². The van der Waals surface area contributed by atoms with Crippen molar-refractivity contribution in [1.82, 2.24) is 9.88 Å². The Bertz CT molecular complexity index is 1280. The fourth-order valence-electron chi connectivity index (χ4n) is 3.95. The van der Waals surface area contributed by atoms with Gasteiger partial charge in [-0.3, -0.25) is 10.1 Å². The first kappa shape index (κ1) is 31.9. The summed E-state index contributed by atoms with van der Waals surface area (Å²) in [6.07, 6.45) is 6.05. The Kier molecular flexibility index (Phi) is 12.5. The lowest BCUT2D eigenvalue weighted by Crippen LogP contribution is -2.25. The lowest BCUT2D eigenvalue weighted by molar-refractivity contribution is -0.384. The Labute approximate surface area is 228 Å². The number of nitrogens with zero attached hydrogens (tertiary/aromatic N) is 3. The van der Waals surface area contributed by atoms with Crippen LogP contribution in [0.1, 0.15) is 44.9 Å². The second-order valence-corrected chi connectivity index (χ2v) is 9.91. The zero-order valence-electron chi connectivity index (χ0n) is 22.6. The third-order valence-corrected chi connectivity index (χ3v) is 6.00. The maximum absolute atomic E-state index is 10.9. The Morgan fingerprint density at radius 3 is 2.31 bits per heavy atom. The number of phosphoric acid groups is 1. The van der Waals surface area contributed by atoms with Crippen molar-refractivity contribution in [2.24, 2.45) is 0 Å². The largest absolute Gasteiger partial charge is 0.497 e. The molecule has 0 bridgehead atoms. The molecule has 1 heterocycles. The number of non-ortho nitro benzene ring substituents is 1. The van der Waals surface area contributed by atoms with Gasteiger partial charge in [0.05, 0.1) is 23.2 Å². The maximum Gasteiger partial charge on any atom is 0.466 e. The van der Waals surface area contributed by atoms with Gasteiger partial charge in [0.1, 0.15) is 5.75 Å². The number of ether oxygens (including phenoxy) is 1. The molecule has 0 aliphatic carbocycles. The van der Waals surface area contributed by atoms with E-state index in [2.05, 4.69) is 37.1 Å². The number of hydrogen-bond donors (Lipinski definition) is 4. The first-order valence-electron chi connectivity index (χ1n) is 12.6. The normalized spacial score (nSPS) is 12.3. The van der Waals surface area contributed by atoms with Crippen LogP contribution in [0.25, 0.3) is 23.1 Å². The van der Waals surface area contributed by atoms with E-state index in [1.807, 2.05) is 30.4 Å². The first-order chi connectivity index (χ1) is 18.4. The molecule has 0 aliphatic heterocycles. The number of anilines is 1. The zero-order valence-corrected chi connectivity index (χ0v) is 23.5. The van der Waals surface area contributed by atoms with Crippen LogP contribution in [0.15, 0.2) is 48.5 Å². The van der Waals surface area contributed by atoms with E-state index in [4.69, 9.17) is 29.0 Å². The van der Waals surface area contributed by atoms with Crippen molar-refractivity contribution in [2.75, 3.05) is 32.1 Å². The van der Waals surface area contributed by atoms with Crippen LogP contribution in [0.2, 0.25) is 0 Å². The number of aromatic nitrogens is 1. The molecule has 0 spiro atoms. The van der Waals surface area contributed by atoms with Gasteiger partial charge >= 0.3 is 7.82 Å². The van der Waals surface area contributed by atoms with Crippen LogP contribution in [0.5, 0.6) is 5.75 Å². The molecular weight excluding hydrogens is 523 g/mol. The van der Waals surface area contributed by atoms with Crippen molar-refractivity contribution in [3.63, 3.8) is 0 Å². The molecule has 0 saturated carbocycles. The lowest BCUT2D eigenvalue weighted by Gasteiger charge is -2.21. The minimum Gasteiger partial charge on any atom is -0.497 e. The molecule has 0 fully saturated rings. The summed E-state index contributed by atoms with van der Waals surface area (Å²) < 4.78 is 14.3. The third-order valence-electron chi connectivity index (χ3n) is 6.00. The number of nitro groups is 1. The lowest BCUT2D eigenvalue weighted by atomic mass is 10.1. The van der Waals surface area contributed by atoms with Crippen LogP contribution in [-0.2, 0) is 4.57 Å². The minimum absolute atomic E-state index is 0.0783. The Hall–Kier alpha value is -3.34. The number of nitrogens with one attached hydrogen (secondary N) is 1. The number of nitro benzene ring substituents is 1. The third kappa shape index (κ3) is 11.5. The standard InChI is InChI=1S/C27H34N4O3.H3O4P/c1-5-30(6-2)17-7-8-20(3)28-26-18-22(29-27-19-24(34-4)15-16-25(26)27)12-9-21-10-13-23(14-11-21)31(32)33;1-5(2,3)4/h9-16,18-20H,5-8,17H2,1-4H3,(H,28,29);(H3,1,2,3,4)/b12-9+;. The molecule has 39 heavy (non-hydrogen) atoms. The summed E-state index contributed by atoms with van der Waals surface area (Å²) in [6.45, 7) is 9.89. The molecule has 1 unspecified atom stereocenters. The van der Waals surface area contributed by atoms with Crippen LogP contribution in [0, 0.1) is 10.1 Å². The monoisotopic (exact) mass is 560 g/mol. The van der Waals surface area contributed by atoms with Crippen LogP contribution in [0.3, 0.4) is 0 Å². The summed E-state index contributed by atoms with van der Waals surface area (Å²) in [5, 5.41) is 15.6.